The number of thiazole rings is 1. The van der Waals surface area contributed by atoms with E-state index in [4.69, 9.17) is 5.14 Å². The van der Waals surface area contributed by atoms with Crippen molar-refractivity contribution in [2.45, 2.75) is 9.24 Å². The topological polar surface area (TPSA) is 107 Å². The molecular weight excluding hydrogens is 399 g/mol. The van der Waals surface area contributed by atoms with Gasteiger partial charge in [-0.2, -0.15) is 0 Å². The molecule has 0 amide bonds. The number of rotatable bonds is 4. The van der Waals surface area contributed by atoms with E-state index in [2.05, 4.69) is 4.98 Å². The Morgan fingerprint density at radius 1 is 0.923 bits per heavy atom. The van der Waals surface area contributed by atoms with E-state index >= 15 is 0 Å². The highest BCUT2D eigenvalue weighted by molar-refractivity contribution is 7.92. The molecule has 10 heteroatoms. The minimum atomic E-state index is -3.84. The van der Waals surface area contributed by atoms with E-state index in [1.807, 2.05) is 0 Å². The first-order valence-electron chi connectivity index (χ1n) is 7.16. The molecule has 1 heterocycles. The first kappa shape index (κ1) is 18.6. The second-order valence-corrected chi connectivity index (χ2v) is 10.3. The maximum absolute atomic E-state index is 13.2. The van der Waals surface area contributed by atoms with Gasteiger partial charge in [-0.1, -0.05) is 12.1 Å². The van der Waals surface area contributed by atoms with Crippen molar-refractivity contribution in [3.8, 4) is 21.7 Å². The van der Waals surface area contributed by atoms with E-state index in [1.165, 1.54) is 48.5 Å². The molecule has 0 radical (unpaired) electrons. The molecular formula is C16H13FN2O4S3. The fourth-order valence-corrected chi connectivity index (χ4v) is 4.71. The van der Waals surface area contributed by atoms with Crippen LogP contribution in [0, 0.1) is 5.82 Å². The van der Waals surface area contributed by atoms with Crippen LogP contribution < -0.4 is 5.14 Å². The maximum atomic E-state index is 13.2. The maximum Gasteiger partial charge on any atom is 0.238 e. The summed E-state index contributed by atoms with van der Waals surface area (Å²) >= 11 is 0.958. The summed E-state index contributed by atoms with van der Waals surface area (Å²) in [5.41, 5.74) is 1.49. The molecule has 0 aliphatic heterocycles. The van der Waals surface area contributed by atoms with Gasteiger partial charge in [-0.05, 0) is 42.0 Å². The normalized spacial score (nSPS) is 12.3. The molecule has 0 bridgehead atoms. The second kappa shape index (κ2) is 6.54. The van der Waals surface area contributed by atoms with Crippen LogP contribution in [0.25, 0.3) is 21.7 Å². The van der Waals surface area contributed by atoms with Gasteiger partial charge in [0.1, 0.15) is 5.82 Å². The third-order valence-electron chi connectivity index (χ3n) is 3.49. The van der Waals surface area contributed by atoms with Crippen molar-refractivity contribution in [1.29, 1.82) is 0 Å². The van der Waals surface area contributed by atoms with E-state index in [1.54, 1.807) is 0 Å². The van der Waals surface area contributed by atoms with Crippen molar-refractivity contribution in [1.82, 2.24) is 4.98 Å². The number of benzene rings is 2. The lowest BCUT2D eigenvalue weighted by atomic mass is 10.1. The minimum absolute atomic E-state index is 0.0579. The van der Waals surface area contributed by atoms with E-state index in [0.717, 1.165) is 17.6 Å². The lowest BCUT2D eigenvalue weighted by Gasteiger charge is -2.04. The molecule has 1 aromatic heterocycles. The standard InChI is InChI=1S/C16H13FN2O4S3/c1-25(20,21)16-19-14(10-2-6-12(17)7-3-10)15(24-16)11-4-8-13(9-5-11)26(18,22)23/h2-9H,1H3,(H2,18,22,23). The predicted octanol–water partition coefficient (Wildman–Crippen LogP) is 2.67. The van der Waals surface area contributed by atoms with Gasteiger partial charge in [0.2, 0.25) is 24.2 Å². The fraction of sp³-hybridized carbons (Fsp3) is 0.0625. The number of hydrogen-bond acceptors (Lipinski definition) is 6. The van der Waals surface area contributed by atoms with Crippen molar-refractivity contribution in [3.05, 3.63) is 54.3 Å². The van der Waals surface area contributed by atoms with Gasteiger partial charge < -0.3 is 0 Å². The third kappa shape index (κ3) is 3.83. The Bertz CT molecular complexity index is 1170. The molecule has 6 nitrogen and oxygen atoms in total. The van der Waals surface area contributed by atoms with Crippen LogP contribution in [0.2, 0.25) is 0 Å². The number of nitrogens with two attached hydrogens (primary N) is 1. The van der Waals surface area contributed by atoms with Crippen LogP contribution in [0.15, 0.2) is 57.8 Å². The first-order chi connectivity index (χ1) is 12.1. The average Bonchev–Trinajstić information content (AvgIpc) is 3.00. The second-order valence-electron chi connectivity index (χ2n) is 5.51. The molecule has 0 aliphatic rings. The van der Waals surface area contributed by atoms with Crippen LogP contribution in [-0.4, -0.2) is 28.1 Å². The van der Waals surface area contributed by atoms with Crippen molar-refractivity contribution in [2.75, 3.05) is 6.26 Å². The van der Waals surface area contributed by atoms with E-state index in [9.17, 15) is 21.2 Å². The van der Waals surface area contributed by atoms with E-state index in [-0.39, 0.29) is 9.24 Å². The van der Waals surface area contributed by atoms with Crippen molar-refractivity contribution >= 4 is 31.2 Å². The van der Waals surface area contributed by atoms with Gasteiger partial charge in [0, 0.05) is 11.8 Å². The summed E-state index contributed by atoms with van der Waals surface area (Å²) in [7, 11) is -7.38. The smallest absolute Gasteiger partial charge is 0.225 e. The Kier molecular flexibility index (Phi) is 4.69. The van der Waals surface area contributed by atoms with Gasteiger partial charge in [-0.3, -0.25) is 0 Å². The number of halogens is 1. The number of aromatic nitrogens is 1. The summed E-state index contributed by atoms with van der Waals surface area (Å²) in [6, 6.07) is 11.2. The molecule has 0 spiro atoms. The zero-order chi connectivity index (χ0) is 19.1. The number of sulfonamides is 1. The van der Waals surface area contributed by atoms with Crippen LogP contribution in [0.3, 0.4) is 0 Å². The molecule has 136 valence electrons. The highest BCUT2D eigenvalue weighted by Crippen LogP contribution is 2.38. The van der Waals surface area contributed by atoms with Crippen LogP contribution in [0.4, 0.5) is 4.39 Å². The Labute approximate surface area is 154 Å². The molecule has 2 N–H and O–H groups in total. The van der Waals surface area contributed by atoms with Gasteiger partial charge in [0.25, 0.3) is 0 Å². The zero-order valence-corrected chi connectivity index (χ0v) is 15.8. The number of sulfone groups is 1. The Hall–Kier alpha value is -2.14. The molecule has 0 atom stereocenters. The van der Waals surface area contributed by atoms with Crippen LogP contribution in [-0.2, 0) is 19.9 Å². The summed E-state index contributed by atoms with van der Waals surface area (Å²) < 4.78 is 59.7. The summed E-state index contributed by atoms with van der Waals surface area (Å²) in [6.45, 7) is 0. The third-order valence-corrected chi connectivity index (χ3v) is 7.20. The van der Waals surface area contributed by atoms with Crippen molar-refractivity contribution in [3.63, 3.8) is 0 Å². The molecule has 0 aliphatic carbocycles. The molecule has 3 rings (SSSR count). The number of primary sulfonamides is 1. The minimum Gasteiger partial charge on any atom is -0.225 e. The Morgan fingerprint density at radius 2 is 1.46 bits per heavy atom. The summed E-state index contributed by atoms with van der Waals surface area (Å²) in [5, 5.41) is 5.09. The lowest BCUT2D eigenvalue weighted by molar-refractivity contribution is 0.597. The number of nitrogens with zero attached hydrogens (tertiary/aromatic N) is 1. The quantitative estimate of drug-likeness (QED) is 0.709. The summed E-state index contributed by atoms with van der Waals surface area (Å²) in [4.78, 5) is 4.66. The zero-order valence-electron chi connectivity index (χ0n) is 13.4. The predicted molar refractivity (Wildman–Crippen MR) is 97.4 cm³/mol. The highest BCUT2D eigenvalue weighted by Gasteiger charge is 2.21. The molecule has 26 heavy (non-hydrogen) atoms. The lowest BCUT2D eigenvalue weighted by Crippen LogP contribution is -2.11. The molecule has 0 unspecified atom stereocenters. The molecule has 3 aromatic rings. The van der Waals surface area contributed by atoms with Crippen LogP contribution in [0.5, 0.6) is 0 Å². The fourth-order valence-electron chi connectivity index (χ4n) is 2.25. The molecule has 0 saturated carbocycles. The van der Waals surface area contributed by atoms with Crippen molar-refractivity contribution < 1.29 is 21.2 Å². The number of hydrogen-bond donors (Lipinski definition) is 1. The monoisotopic (exact) mass is 412 g/mol. The Morgan fingerprint density at radius 3 is 1.96 bits per heavy atom. The molecule has 0 saturated heterocycles. The van der Waals surface area contributed by atoms with Crippen LogP contribution in [0.1, 0.15) is 0 Å². The highest BCUT2D eigenvalue weighted by atomic mass is 32.2. The SMILES string of the molecule is CS(=O)(=O)c1nc(-c2ccc(F)cc2)c(-c2ccc(S(N)(=O)=O)cc2)s1. The molecule has 2 aromatic carbocycles. The largest absolute Gasteiger partial charge is 0.238 e. The van der Waals surface area contributed by atoms with Gasteiger partial charge in [0.15, 0.2) is 0 Å². The average molecular weight is 412 g/mol. The van der Waals surface area contributed by atoms with E-state index in [0.29, 0.717) is 21.7 Å². The van der Waals surface area contributed by atoms with Gasteiger partial charge in [0.05, 0.1) is 15.5 Å². The summed E-state index contributed by atoms with van der Waals surface area (Å²) in [6.07, 6.45) is 1.05. The van der Waals surface area contributed by atoms with Gasteiger partial charge >= 0.3 is 0 Å². The Balaban J connectivity index is 2.19. The first-order valence-corrected chi connectivity index (χ1v) is 11.4. The summed E-state index contributed by atoms with van der Waals surface area (Å²) in [5.74, 6) is -0.425. The van der Waals surface area contributed by atoms with Gasteiger partial charge in [-0.25, -0.2) is 31.3 Å². The van der Waals surface area contributed by atoms with Crippen LogP contribution >= 0.6 is 11.3 Å². The van der Waals surface area contributed by atoms with Crippen molar-refractivity contribution in [2.24, 2.45) is 5.14 Å². The molecule has 0 fully saturated rings. The van der Waals surface area contributed by atoms with E-state index < -0.39 is 25.7 Å². The van der Waals surface area contributed by atoms with Gasteiger partial charge in [-0.15, -0.1) is 11.3 Å².